The number of nitrogens with one attached hydrogen (secondary N) is 1. The molecule has 0 aromatic heterocycles. The largest absolute Gasteiger partial charge is 0.231 e. The molecular weight excluding hydrogens is 202 g/mol. The van der Waals surface area contributed by atoms with Crippen LogP contribution in [0.4, 0.5) is 0 Å². The molecule has 74 valence electrons. The highest BCUT2D eigenvalue weighted by molar-refractivity contribution is 8.00. The highest BCUT2D eigenvalue weighted by Gasteiger charge is 2.11. The molecule has 0 aliphatic rings. The molecule has 0 amide bonds. The summed E-state index contributed by atoms with van der Waals surface area (Å²) < 4.78 is 44.0. The van der Waals surface area contributed by atoms with E-state index in [0.29, 0.717) is 0 Å². The van der Waals surface area contributed by atoms with Gasteiger partial charge in [-0.05, 0) is 5.92 Å². The van der Waals surface area contributed by atoms with Crippen LogP contribution in [0.2, 0.25) is 0 Å². The second kappa shape index (κ2) is 4.78. The number of hydrogen-bond acceptors (Lipinski definition) is 4. The van der Waals surface area contributed by atoms with Crippen molar-refractivity contribution >= 4 is 20.7 Å². The summed E-state index contributed by atoms with van der Waals surface area (Å²) in [5.41, 5.74) is 0. The SMILES string of the molecule is CC(C)CNS(=O)(=O)C[SH](=O)=O. The molecule has 0 fully saturated rings. The molecule has 0 rings (SSSR count). The van der Waals surface area contributed by atoms with Crippen LogP contribution in [0.1, 0.15) is 13.8 Å². The Hall–Kier alpha value is -0.140. The lowest BCUT2D eigenvalue weighted by molar-refractivity contribution is 0.562. The van der Waals surface area contributed by atoms with E-state index in [1.807, 2.05) is 13.8 Å². The normalized spacial score (nSPS) is 12.7. The van der Waals surface area contributed by atoms with Gasteiger partial charge in [0.15, 0.2) is 15.8 Å². The molecule has 0 aromatic carbocycles. The highest BCUT2D eigenvalue weighted by Crippen LogP contribution is 1.91. The number of sulfonamides is 1. The van der Waals surface area contributed by atoms with Crippen LogP contribution >= 0.6 is 0 Å². The van der Waals surface area contributed by atoms with E-state index in [9.17, 15) is 16.8 Å². The predicted octanol–water partition coefficient (Wildman–Crippen LogP) is -0.869. The highest BCUT2D eigenvalue weighted by atomic mass is 32.3. The van der Waals surface area contributed by atoms with Crippen molar-refractivity contribution < 1.29 is 16.8 Å². The van der Waals surface area contributed by atoms with Gasteiger partial charge in [-0.2, -0.15) is 0 Å². The summed E-state index contributed by atoms with van der Waals surface area (Å²) in [6.45, 7) is 3.94. The molecule has 0 heterocycles. The van der Waals surface area contributed by atoms with E-state index in [1.54, 1.807) is 0 Å². The van der Waals surface area contributed by atoms with Gasteiger partial charge in [0.05, 0.1) is 0 Å². The minimum absolute atomic E-state index is 0.171. The molecule has 5 nitrogen and oxygen atoms in total. The third kappa shape index (κ3) is 6.56. The second-order valence-corrected chi connectivity index (χ2v) is 6.04. The van der Waals surface area contributed by atoms with E-state index in [-0.39, 0.29) is 12.5 Å². The summed E-state index contributed by atoms with van der Waals surface area (Å²) in [5, 5.41) is -0.824. The standard InChI is InChI=1S/C5H13NO4S2/c1-5(2)3-6-12(9,10)4-11(7)8/h5-6,11H,3-4H2,1-2H3. The third-order valence-electron chi connectivity index (χ3n) is 0.987. The van der Waals surface area contributed by atoms with Crippen molar-refractivity contribution in [1.29, 1.82) is 0 Å². The fourth-order valence-electron chi connectivity index (χ4n) is 0.478. The van der Waals surface area contributed by atoms with E-state index in [4.69, 9.17) is 0 Å². The van der Waals surface area contributed by atoms with Gasteiger partial charge in [-0.25, -0.2) is 21.6 Å². The molecule has 7 heteroatoms. The summed E-state index contributed by atoms with van der Waals surface area (Å²) in [7, 11) is -6.49. The maximum atomic E-state index is 10.9. The topological polar surface area (TPSA) is 80.3 Å². The van der Waals surface area contributed by atoms with E-state index >= 15 is 0 Å². The summed E-state index contributed by atoms with van der Waals surface area (Å²) in [4.78, 5) is 0. The number of hydrogen-bond donors (Lipinski definition) is 2. The Balaban J connectivity index is 4.06. The Morgan fingerprint density at radius 2 is 1.83 bits per heavy atom. The van der Waals surface area contributed by atoms with Gasteiger partial charge in [0.2, 0.25) is 10.0 Å². The van der Waals surface area contributed by atoms with Gasteiger partial charge >= 0.3 is 0 Å². The molecule has 0 aliphatic heterocycles. The van der Waals surface area contributed by atoms with Crippen molar-refractivity contribution in [1.82, 2.24) is 4.72 Å². The van der Waals surface area contributed by atoms with Gasteiger partial charge in [0.1, 0.15) is 0 Å². The van der Waals surface area contributed by atoms with Gasteiger partial charge in [-0.1, -0.05) is 13.8 Å². The number of rotatable bonds is 5. The van der Waals surface area contributed by atoms with Crippen LogP contribution in [0.15, 0.2) is 0 Å². The molecule has 0 bridgehead atoms. The van der Waals surface area contributed by atoms with Crippen LogP contribution in [0, 0.1) is 5.92 Å². The molecule has 0 aliphatic carbocycles. The average molecular weight is 215 g/mol. The Morgan fingerprint density at radius 3 is 2.17 bits per heavy atom. The number of thiol groups is 1. The van der Waals surface area contributed by atoms with Gasteiger partial charge in [-0.15, -0.1) is 0 Å². The maximum absolute atomic E-state index is 10.9. The van der Waals surface area contributed by atoms with Crippen molar-refractivity contribution in [2.75, 3.05) is 11.6 Å². The van der Waals surface area contributed by atoms with E-state index in [1.165, 1.54) is 0 Å². The van der Waals surface area contributed by atoms with Crippen LogP contribution < -0.4 is 4.72 Å². The zero-order valence-corrected chi connectivity index (χ0v) is 8.69. The minimum Gasteiger partial charge on any atom is -0.231 e. The zero-order chi connectivity index (χ0) is 9.78. The van der Waals surface area contributed by atoms with Crippen molar-refractivity contribution in [2.24, 2.45) is 5.92 Å². The molecule has 0 saturated carbocycles. The van der Waals surface area contributed by atoms with Crippen LogP contribution in [0.25, 0.3) is 0 Å². The van der Waals surface area contributed by atoms with E-state index in [0.717, 1.165) is 0 Å². The Labute approximate surface area is 74.2 Å². The van der Waals surface area contributed by atoms with Crippen LogP contribution in [0.5, 0.6) is 0 Å². The second-order valence-electron chi connectivity index (χ2n) is 2.82. The molecule has 1 N–H and O–H groups in total. The van der Waals surface area contributed by atoms with Crippen LogP contribution in [-0.4, -0.2) is 28.5 Å². The Bertz CT molecular complexity index is 283. The first-order valence-electron chi connectivity index (χ1n) is 3.42. The smallest absolute Gasteiger partial charge is 0.225 e. The zero-order valence-electron chi connectivity index (χ0n) is 6.98. The van der Waals surface area contributed by atoms with Crippen LogP contribution in [-0.2, 0) is 20.7 Å². The average Bonchev–Trinajstić information content (AvgIpc) is 1.81. The van der Waals surface area contributed by atoms with Crippen molar-refractivity contribution in [2.45, 2.75) is 13.8 Å². The molecule has 0 saturated heterocycles. The molecular formula is C5H13NO4S2. The molecule has 0 radical (unpaired) electrons. The lowest BCUT2D eigenvalue weighted by Gasteiger charge is -2.05. The first-order chi connectivity index (χ1) is 5.33. The molecule has 0 spiro atoms. The van der Waals surface area contributed by atoms with Crippen molar-refractivity contribution in [3.63, 3.8) is 0 Å². The monoisotopic (exact) mass is 215 g/mol. The molecule has 12 heavy (non-hydrogen) atoms. The molecule has 0 atom stereocenters. The summed E-state index contributed by atoms with van der Waals surface area (Å²) in [6.07, 6.45) is 0. The molecule has 0 aromatic rings. The van der Waals surface area contributed by atoms with Crippen molar-refractivity contribution in [3.05, 3.63) is 0 Å². The van der Waals surface area contributed by atoms with Crippen LogP contribution in [0.3, 0.4) is 0 Å². The third-order valence-corrected chi connectivity index (χ3v) is 3.80. The van der Waals surface area contributed by atoms with Gasteiger partial charge in [-0.3, -0.25) is 0 Å². The quantitative estimate of drug-likeness (QED) is 0.584. The van der Waals surface area contributed by atoms with E-state index in [2.05, 4.69) is 4.72 Å². The first kappa shape index (κ1) is 11.9. The first-order valence-corrected chi connectivity index (χ1v) is 6.44. The molecule has 0 unspecified atom stereocenters. The lowest BCUT2D eigenvalue weighted by Crippen LogP contribution is -2.30. The van der Waals surface area contributed by atoms with E-state index < -0.39 is 25.8 Å². The fourth-order valence-corrected chi connectivity index (χ4v) is 2.54. The fraction of sp³-hybridized carbons (Fsp3) is 1.00. The Kier molecular flexibility index (Phi) is 4.73. The minimum atomic E-state index is -3.62. The predicted molar refractivity (Wildman–Crippen MR) is 46.9 cm³/mol. The summed E-state index contributed by atoms with van der Waals surface area (Å²) >= 11 is 0. The van der Waals surface area contributed by atoms with Gasteiger partial charge in [0, 0.05) is 6.54 Å². The Morgan fingerprint density at radius 1 is 1.33 bits per heavy atom. The summed E-state index contributed by atoms with van der Waals surface area (Å²) in [5.74, 6) is 0.171. The lowest BCUT2D eigenvalue weighted by atomic mass is 10.2. The summed E-state index contributed by atoms with van der Waals surface area (Å²) in [6, 6.07) is 0. The van der Waals surface area contributed by atoms with Crippen molar-refractivity contribution in [3.8, 4) is 0 Å². The maximum Gasteiger partial charge on any atom is 0.225 e. The van der Waals surface area contributed by atoms with Gasteiger partial charge in [0.25, 0.3) is 0 Å². The van der Waals surface area contributed by atoms with Gasteiger partial charge < -0.3 is 0 Å².